The molecular formula is C15H27N5. The number of nitrogen functional groups attached to an aromatic ring is 1. The first-order valence-electron chi connectivity index (χ1n) is 7.44. The first kappa shape index (κ1) is 15.1. The van der Waals surface area contributed by atoms with Gasteiger partial charge in [0.05, 0.1) is 11.9 Å². The Hall–Kier alpha value is -1.33. The number of nitrogens with one attached hydrogen (secondary N) is 1. The number of pyridine rings is 1. The third kappa shape index (κ3) is 4.08. The van der Waals surface area contributed by atoms with Crippen molar-refractivity contribution in [2.24, 2.45) is 5.92 Å². The van der Waals surface area contributed by atoms with Gasteiger partial charge in [-0.3, -0.25) is 4.90 Å². The van der Waals surface area contributed by atoms with Crippen molar-refractivity contribution in [3.63, 3.8) is 0 Å². The predicted octanol–water partition coefficient (Wildman–Crippen LogP) is 1.35. The van der Waals surface area contributed by atoms with E-state index in [1.54, 1.807) is 6.20 Å². The van der Waals surface area contributed by atoms with Crippen molar-refractivity contribution >= 4 is 11.5 Å². The van der Waals surface area contributed by atoms with Crippen LogP contribution in [0.5, 0.6) is 0 Å². The molecule has 1 unspecified atom stereocenters. The minimum absolute atomic E-state index is 0.544. The molecule has 1 aromatic rings. The number of nitrogens with zero attached hydrogens (tertiary/aromatic N) is 3. The van der Waals surface area contributed by atoms with Crippen LogP contribution < -0.4 is 11.1 Å². The zero-order valence-electron chi connectivity index (χ0n) is 12.8. The van der Waals surface area contributed by atoms with Crippen LogP contribution in [0.1, 0.15) is 13.8 Å². The number of likely N-dealkylation sites (N-methyl/N-ethyl adjacent to an activating group) is 1. The van der Waals surface area contributed by atoms with E-state index in [-0.39, 0.29) is 0 Å². The summed E-state index contributed by atoms with van der Waals surface area (Å²) in [6.07, 6.45) is 1.70. The monoisotopic (exact) mass is 277 g/mol. The lowest BCUT2D eigenvalue weighted by Gasteiger charge is -2.40. The SMILES string of the molecule is CC(C)C(CNc1ccc(N)cn1)N1CCN(C)CC1. The molecule has 0 spiro atoms. The molecule has 1 atom stereocenters. The number of hydrogen-bond donors (Lipinski definition) is 2. The van der Waals surface area contributed by atoms with E-state index in [2.05, 4.69) is 41.0 Å². The summed E-state index contributed by atoms with van der Waals surface area (Å²) in [6, 6.07) is 4.37. The van der Waals surface area contributed by atoms with E-state index in [4.69, 9.17) is 5.73 Å². The van der Waals surface area contributed by atoms with Gasteiger partial charge >= 0.3 is 0 Å². The molecule has 1 fully saturated rings. The first-order valence-corrected chi connectivity index (χ1v) is 7.44. The number of aromatic nitrogens is 1. The molecule has 0 amide bonds. The molecule has 112 valence electrons. The fraction of sp³-hybridized carbons (Fsp3) is 0.667. The van der Waals surface area contributed by atoms with Gasteiger partial charge in [0, 0.05) is 38.8 Å². The van der Waals surface area contributed by atoms with Crippen LogP contribution in [0.25, 0.3) is 0 Å². The maximum Gasteiger partial charge on any atom is 0.126 e. The summed E-state index contributed by atoms with van der Waals surface area (Å²) in [7, 11) is 2.19. The van der Waals surface area contributed by atoms with E-state index in [1.165, 1.54) is 0 Å². The summed E-state index contributed by atoms with van der Waals surface area (Å²) in [5.74, 6) is 1.53. The lowest BCUT2D eigenvalue weighted by Crippen LogP contribution is -2.52. The predicted molar refractivity (Wildman–Crippen MR) is 84.8 cm³/mol. The van der Waals surface area contributed by atoms with Crippen LogP contribution in [-0.4, -0.2) is 60.6 Å². The molecule has 0 aromatic carbocycles. The Morgan fingerprint density at radius 3 is 2.50 bits per heavy atom. The standard InChI is InChI=1S/C15H27N5/c1-12(2)14(20-8-6-19(3)7-9-20)11-18-15-5-4-13(16)10-17-15/h4-5,10,12,14H,6-9,11,16H2,1-3H3,(H,17,18). The summed E-state index contributed by atoms with van der Waals surface area (Å²) in [6.45, 7) is 10.1. The highest BCUT2D eigenvalue weighted by atomic mass is 15.3. The van der Waals surface area contributed by atoms with Gasteiger partial charge in [-0.25, -0.2) is 4.98 Å². The number of anilines is 2. The van der Waals surface area contributed by atoms with Gasteiger partial charge in [0.15, 0.2) is 0 Å². The molecule has 0 bridgehead atoms. The highest BCUT2D eigenvalue weighted by molar-refractivity contribution is 5.43. The molecule has 1 aliphatic rings. The molecule has 0 saturated carbocycles. The van der Waals surface area contributed by atoms with E-state index in [9.17, 15) is 0 Å². The molecule has 1 saturated heterocycles. The molecule has 20 heavy (non-hydrogen) atoms. The molecule has 3 N–H and O–H groups in total. The van der Waals surface area contributed by atoms with Crippen LogP contribution in [0.2, 0.25) is 0 Å². The Morgan fingerprint density at radius 2 is 1.95 bits per heavy atom. The van der Waals surface area contributed by atoms with Crippen LogP contribution in [-0.2, 0) is 0 Å². The smallest absolute Gasteiger partial charge is 0.126 e. The molecule has 0 aliphatic carbocycles. The van der Waals surface area contributed by atoms with Crippen molar-refractivity contribution in [2.45, 2.75) is 19.9 Å². The van der Waals surface area contributed by atoms with Gasteiger partial charge in [0.2, 0.25) is 0 Å². The Morgan fingerprint density at radius 1 is 1.25 bits per heavy atom. The lowest BCUT2D eigenvalue weighted by atomic mass is 10.0. The highest BCUT2D eigenvalue weighted by Crippen LogP contribution is 2.15. The number of hydrogen-bond acceptors (Lipinski definition) is 5. The Balaban J connectivity index is 1.90. The molecule has 2 rings (SSSR count). The summed E-state index contributed by atoms with van der Waals surface area (Å²) in [4.78, 5) is 9.29. The van der Waals surface area contributed by atoms with Crippen molar-refractivity contribution in [3.05, 3.63) is 18.3 Å². The Kier molecular flexibility index (Phi) is 5.20. The third-order valence-electron chi connectivity index (χ3n) is 4.06. The number of rotatable bonds is 5. The number of piperazine rings is 1. The van der Waals surface area contributed by atoms with Crippen molar-refractivity contribution in [1.29, 1.82) is 0 Å². The van der Waals surface area contributed by atoms with Crippen molar-refractivity contribution in [1.82, 2.24) is 14.8 Å². The molecule has 1 aliphatic heterocycles. The van der Waals surface area contributed by atoms with Gasteiger partial charge in [0.25, 0.3) is 0 Å². The molecule has 2 heterocycles. The van der Waals surface area contributed by atoms with Gasteiger partial charge in [0.1, 0.15) is 5.82 Å². The van der Waals surface area contributed by atoms with Crippen molar-refractivity contribution in [2.75, 3.05) is 50.8 Å². The van der Waals surface area contributed by atoms with E-state index >= 15 is 0 Å². The highest BCUT2D eigenvalue weighted by Gasteiger charge is 2.24. The van der Waals surface area contributed by atoms with E-state index in [0.29, 0.717) is 17.6 Å². The van der Waals surface area contributed by atoms with Crippen LogP contribution >= 0.6 is 0 Å². The average molecular weight is 277 g/mol. The normalized spacial score (nSPS) is 19.2. The van der Waals surface area contributed by atoms with Gasteiger partial charge in [-0.15, -0.1) is 0 Å². The van der Waals surface area contributed by atoms with Gasteiger partial charge < -0.3 is 16.0 Å². The van der Waals surface area contributed by atoms with Crippen molar-refractivity contribution in [3.8, 4) is 0 Å². The van der Waals surface area contributed by atoms with Crippen molar-refractivity contribution < 1.29 is 0 Å². The average Bonchev–Trinajstić information content (AvgIpc) is 2.43. The maximum atomic E-state index is 5.66. The van der Waals surface area contributed by atoms with Crippen LogP contribution in [0.4, 0.5) is 11.5 Å². The molecular weight excluding hydrogens is 250 g/mol. The second-order valence-electron chi connectivity index (χ2n) is 6.01. The van der Waals surface area contributed by atoms with Crippen LogP contribution in [0.3, 0.4) is 0 Å². The lowest BCUT2D eigenvalue weighted by molar-refractivity contribution is 0.0944. The fourth-order valence-electron chi connectivity index (χ4n) is 2.66. The fourth-order valence-corrected chi connectivity index (χ4v) is 2.66. The number of nitrogens with two attached hydrogens (primary N) is 1. The quantitative estimate of drug-likeness (QED) is 0.851. The Bertz CT molecular complexity index is 395. The maximum absolute atomic E-state index is 5.66. The van der Waals surface area contributed by atoms with Crippen LogP contribution in [0.15, 0.2) is 18.3 Å². The summed E-state index contributed by atoms with van der Waals surface area (Å²) in [5, 5.41) is 3.44. The zero-order valence-corrected chi connectivity index (χ0v) is 12.8. The van der Waals surface area contributed by atoms with E-state index < -0.39 is 0 Å². The topological polar surface area (TPSA) is 57.4 Å². The summed E-state index contributed by atoms with van der Waals surface area (Å²) in [5.41, 5.74) is 6.36. The molecule has 5 nitrogen and oxygen atoms in total. The largest absolute Gasteiger partial charge is 0.397 e. The molecule has 5 heteroatoms. The van der Waals surface area contributed by atoms with E-state index in [1.807, 2.05) is 12.1 Å². The van der Waals surface area contributed by atoms with Crippen LogP contribution in [0, 0.1) is 5.92 Å². The third-order valence-corrected chi connectivity index (χ3v) is 4.06. The van der Waals surface area contributed by atoms with E-state index in [0.717, 1.165) is 38.5 Å². The van der Waals surface area contributed by atoms with Gasteiger partial charge in [-0.1, -0.05) is 13.8 Å². The molecule has 1 aromatic heterocycles. The minimum Gasteiger partial charge on any atom is -0.397 e. The zero-order chi connectivity index (χ0) is 14.5. The second kappa shape index (κ2) is 6.90. The van der Waals surface area contributed by atoms with Gasteiger partial charge in [-0.2, -0.15) is 0 Å². The second-order valence-corrected chi connectivity index (χ2v) is 6.01. The minimum atomic E-state index is 0.544. The summed E-state index contributed by atoms with van der Waals surface area (Å²) >= 11 is 0. The first-order chi connectivity index (χ1) is 9.56. The Labute approximate surface area is 122 Å². The van der Waals surface area contributed by atoms with Gasteiger partial charge in [-0.05, 0) is 25.1 Å². The summed E-state index contributed by atoms with van der Waals surface area (Å²) < 4.78 is 0. The molecule has 0 radical (unpaired) electrons.